The molecule has 3 rings (SSSR count). The first kappa shape index (κ1) is 19.1. The summed E-state index contributed by atoms with van der Waals surface area (Å²) in [6, 6.07) is 15.3. The molecule has 0 bridgehead atoms. The Bertz CT molecular complexity index is 773. The van der Waals surface area contributed by atoms with E-state index in [1.54, 1.807) is 7.11 Å². The minimum absolute atomic E-state index is 0.0242. The minimum atomic E-state index is -0.353. The Hall–Kier alpha value is -2.69. The van der Waals surface area contributed by atoms with Crippen LogP contribution in [0.4, 0.5) is 0 Å². The quantitative estimate of drug-likeness (QED) is 0.741. The number of hydrogen-bond acceptors (Lipinski definition) is 4. The van der Waals surface area contributed by atoms with E-state index in [4.69, 9.17) is 14.2 Å². The first-order chi connectivity index (χ1) is 13.0. The van der Waals surface area contributed by atoms with Gasteiger partial charge >= 0.3 is 0 Å². The number of nitrogens with one attached hydrogen (secondary N) is 1. The normalized spacial score (nSPS) is 17.4. The van der Waals surface area contributed by atoms with Crippen LogP contribution in [0.15, 0.2) is 48.5 Å². The van der Waals surface area contributed by atoms with E-state index in [1.165, 1.54) is 0 Å². The number of amides is 1. The van der Waals surface area contributed by atoms with E-state index >= 15 is 0 Å². The van der Waals surface area contributed by atoms with Gasteiger partial charge in [0.2, 0.25) is 5.91 Å². The van der Waals surface area contributed by atoms with E-state index in [1.807, 2.05) is 62.4 Å². The summed E-state index contributed by atoms with van der Waals surface area (Å²) in [5.41, 5.74) is 0.636. The van der Waals surface area contributed by atoms with E-state index in [0.717, 1.165) is 29.2 Å². The van der Waals surface area contributed by atoms with Crippen LogP contribution in [0.3, 0.4) is 0 Å². The van der Waals surface area contributed by atoms with Crippen molar-refractivity contribution in [2.75, 3.05) is 13.7 Å². The monoisotopic (exact) mass is 369 g/mol. The largest absolute Gasteiger partial charge is 0.497 e. The summed E-state index contributed by atoms with van der Waals surface area (Å²) in [5.74, 6) is 2.36. The molecule has 1 atom stereocenters. The number of rotatable bonds is 7. The van der Waals surface area contributed by atoms with Gasteiger partial charge in [-0.15, -0.1) is 0 Å². The second kappa shape index (κ2) is 8.33. The molecule has 27 heavy (non-hydrogen) atoms. The van der Waals surface area contributed by atoms with Gasteiger partial charge in [-0.2, -0.15) is 0 Å². The molecule has 0 fully saturated rings. The van der Waals surface area contributed by atoms with Gasteiger partial charge in [-0.25, -0.2) is 0 Å². The number of methoxy groups -OCH3 is 1. The molecule has 0 spiro atoms. The highest BCUT2D eigenvalue weighted by molar-refractivity contribution is 5.76. The highest BCUT2D eigenvalue weighted by Crippen LogP contribution is 2.41. The molecule has 5 heteroatoms. The van der Waals surface area contributed by atoms with Crippen molar-refractivity contribution in [2.45, 2.75) is 44.8 Å². The molecule has 1 amide bonds. The molecule has 0 aromatic heterocycles. The highest BCUT2D eigenvalue weighted by atomic mass is 16.5. The van der Waals surface area contributed by atoms with Crippen LogP contribution < -0.4 is 19.5 Å². The van der Waals surface area contributed by atoms with Gasteiger partial charge in [0.1, 0.15) is 22.8 Å². The number of para-hydroxylation sites is 1. The van der Waals surface area contributed by atoms with E-state index in [0.29, 0.717) is 19.4 Å². The molecule has 1 aliphatic rings. The fraction of sp³-hybridized carbons (Fsp3) is 0.409. The van der Waals surface area contributed by atoms with Gasteiger partial charge < -0.3 is 19.5 Å². The van der Waals surface area contributed by atoms with Crippen LogP contribution >= 0.6 is 0 Å². The number of benzene rings is 2. The van der Waals surface area contributed by atoms with Gasteiger partial charge in [0.05, 0.1) is 19.8 Å². The highest BCUT2D eigenvalue weighted by Gasteiger charge is 2.34. The number of fused-ring (bicyclic) bond motifs is 1. The summed E-state index contributed by atoms with van der Waals surface area (Å²) in [6.07, 6.45) is 1.82. The Balaban J connectivity index is 1.55. The number of carbonyl (C=O) groups is 1. The molecule has 2 aromatic rings. The first-order valence-electron chi connectivity index (χ1n) is 9.31. The lowest BCUT2D eigenvalue weighted by Crippen LogP contribution is -2.41. The summed E-state index contributed by atoms with van der Waals surface area (Å²) < 4.78 is 17.0. The van der Waals surface area contributed by atoms with Crippen LogP contribution in [0.25, 0.3) is 0 Å². The third-order valence-corrected chi connectivity index (χ3v) is 4.57. The molecule has 0 radical (unpaired) electrons. The molecule has 1 aliphatic heterocycles. The molecule has 0 aliphatic carbocycles. The average Bonchev–Trinajstić information content (AvgIpc) is 2.64. The Morgan fingerprint density at radius 3 is 2.70 bits per heavy atom. The summed E-state index contributed by atoms with van der Waals surface area (Å²) in [7, 11) is 1.63. The van der Waals surface area contributed by atoms with Gasteiger partial charge in [-0.3, -0.25) is 4.79 Å². The van der Waals surface area contributed by atoms with Crippen LogP contribution in [0.5, 0.6) is 17.2 Å². The van der Waals surface area contributed by atoms with Crippen molar-refractivity contribution >= 4 is 5.91 Å². The van der Waals surface area contributed by atoms with Crippen molar-refractivity contribution in [2.24, 2.45) is 0 Å². The van der Waals surface area contributed by atoms with Crippen molar-refractivity contribution in [3.63, 3.8) is 0 Å². The predicted octanol–water partition coefficient (Wildman–Crippen LogP) is 4.27. The van der Waals surface area contributed by atoms with Crippen molar-refractivity contribution in [1.29, 1.82) is 0 Å². The van der Waals surface area contributed by atoms with Crippen LogP contribution in [-0.4, -0.2) is 25.2 Å². The molecule has 0 saturated heterocycles. The van der Waals surface area contributed by atoms with E-state index < -0.39 is 0 Å². The number of hydrogen-bond donors (Lipinski definition) is 1. The fourth-order valence-electron chi connectivity index (χ4n) is 3.29. The predicted molar refractivity (Wildman–Crippen MR) is 104 cm³/mol. The van der Waals surface area contributed by atoms with Crippen molar-refractivity contribution in [3.8, 4) is 17.2 Å². The first-order valence-corrected chi connectivity index (χ1v) is 9.31. The third-order valence-electron chi connectivity index (χ3n) is 4.57. The molecule has 0 saturated carbocycles. The zero-order valence-corrected chi connectivity index (χ0v) is 16.2. The second-order valence-corrected chi connectivity index (χ2v) is 7.35. The van der Waals surface area contributed by atoms with Crippen molar-refractivity contribution in [3.05, 3.63) is 54.1 Å². The van der Waals surface area contributed by atoms with Crippen molar-refractivity contribution in [1.82, 2.24) is 5.32 Å². The number of carbonyl (C=O) groups excluding carboxylic acids is 1. The van der Waals surface area contributed by atoms with Gasteiger partial charge in [-0.1, -0.05) is 18.2 Å². The lowest BCUT2D eigenvalue weighted by atomic mass is 9.89. The molecular formula is C22H27NO4. The molecule has 1 N–H and O–H groups in total. The lowest BCUT2D eigenvalue weighted by Gasteiger charge is -2.38. The summed E-state index contributed by atoms with van der Waals surface area (Å²) in [6.45, 7) is 4.58. The zero-order chi connectivity index (χ0) is 19.3. The molecule has 2 aromatic carbocycles. The third kappa shape index (κ3) is 5.16. The average molecular weight is 369 g/mol. The van der Waals surface area contributed by atoms with E-state index in [2.05, 4.69) is 5.32 Å². The Labute approximate surface area is 160 Å². The fourth-order valence-corrected chi connectivity index (χ4v) is 3.29. The van der Waals surface area contributed by atoms with Crippen LogP contribution in [0.2, 0.25) is 0 Å². The van der Waals surface area contributed by atoms with E-state index in [9.17, 15) is 4.79 Å². The van der Waals surface area contributed by atoms with Gasteiger partial charge in [0.25, 0.3) is 0 Å². The molecular weight excluding hydrogens is 342 g/mol. The minimum Gasteiger partial charge on any atom is -0.497 e. The van der Waals surface area contributed by atoms with Crippen molar-refractivity contribution < 1.29 is 19.0 Å². The SMILES string of the molecule is COc1ccc2c(c1)OC(C)(C)CC2NC(=O)CCCOc1ccccc1. The zero-order valence-electron chi connectivity index (χ0n) is 16.2. The molecule has 1 heterocycles. The molecule has 144 valence electrons. The van der Waals surface area contributed by atoms with Gasteiger partial charge in [-0.05, 0) is 44.5 Å². The summed E-state index contributed by atoms with van der Waals surface area (Å²) in [4.78, 5) is 12.4. The van der Waals surface area contributed by atoms with Gasteiger partial charge in [0, 0.05) is 24.5 Å². The smallest absolute Gasteiger partial charge is 0.220 e. The maximum absolute atomic E-state index is 12.4. The van der Waals surface area contributed by atoms with Crippen LogP contribution in [0.1, 0.15) is 44.7 Å². The van der Waals surface area contributed by atoms with Crippen LogP contribution in [0, 0.1) is 0 Å². The maximum atomic E-state index is 12.4. The Morgan fingerprint density at radius 2 is 1.96 bits per heavy atom. The standard InChI is InChI=1S/C22H27NO4/c1-22(2)15-19(18-12-11-17(25-3)14-20(18)27-22)23-21(24)10-7-13-26-16-8-5-4-6-9-16/h4-6,8-9,11-12,14,19H,7,10,13,15H2,1-3H3,(H,23,24). The molecule has 5 nitrogen and oxygen atoms in total. The summed E-state index contributed by atoms with van der Waals surface area (Å²) in [5, 5.41) is 3.15. The Kier molecular flexibility index (Phi) is 5.89. The lowest BCUT2D eigenvalue weighted by molar-refractivity contribution is -0.122. The molecule has 1 unspecified atom stereocenters. The topological polar surface area (TPSA) is 56.8 Å². The Morgan fingerprint density at radius 1 is 1.19 bits per heavy atom. The van der Waals surface area contributed by atoms with Gasteiger partial charge in [0.15, 0.2) is 0 Å². The van der Waals surface area contributed by atoms with E-state index in [-0.39, 0.29) is 17.6 Å². The maximum Gasteiger partial charge on any atom is 0.220 e. The summed E-state index contributed by atoms with van der Waals surface area (Å²) >= 11 is 0. The number of ether oxygens (including phenoxy) is 3. The second-order valence-electron chi connectivity index (χ2n) is 7.35. The van der Waals surface area contributed by atoms with Crippen LogP contribution in [-0.2, 0) is 4.79 Å².